The third-order valence-electron chi connectivity index (χ3n) is 7.12. The summed E-state index contributed by atoms with van der Waals surface area (Å²) >= 11 is 0. The van der Waals surface area contributed by atoms with Crippen LogP contribution in [-0.2, 0) is 11.0 Å². The number of amidine groups is 1. The Morgan fingerprint density at radius 2 is 1.62 bits per heavy atom. The number of benzene rings is 3. The molecule has 1 saturated heterocycles. The van der Waals surface area contributed by atoms with Crippen molar-refractivity contribution < 1.29 is 36.2 Å². The molecule has 0 radical (unpaired) electrons. The number of nitrogens with zero attached hydrogens (tertiary/aromatic N) is 3. The van der Waals surface area contributed by atoms with Crippen molar-refractivity contribution in [3.05, 3.63) is 89.2 Å². The number of piperidine rings is 1. The van der Waals surface area contributed by atoms with E-state index in [2.05, 4.69) is 4.99 Å². The summed E-state index contributed by atoms with van der Waals surface area (Å²) in [6.07, 6.45) is -4.78. The zero-order chi connectivity index (χ0) is 27.9. The van der Waals surface area contributed by atoms with Crippen LogP contribution < -0.4 is 9.80 Å². The third kappa shape index (κ3) is 5.17. The minimum Gasteiger partial charge on any atom is -0.481 e. The number of aliphatic imine (C=N–C) groups is 1. The van der Waals surface area contributed by atoms with E-state index in [1.54, 1.807) is 12.1 Å². The summed E-state index contributed by atoms with van der Waals surface area (Å²) in [6.45, 7) is 0.921. The highest BCUT2D eigenvalue weighted by Crippen LogP contribution is 2.45. The highest BCUT2D eigenvalue weighted by Gasteiger charge is 2.42. The van der Waals surface area contributed by atoms with Crippen molar-refractivity contribution in [3.8, 4) is 0 Å². The summed E-state index contributed by atoms with van der Waals surface area (Å²) in [5, 5.41) is 9.69. The average Bonchev–Trinajstić information content (AvgIpc) is 2.89. The molecule has 1 N–H and O–H groups in total. The lowest BCUT2D eigenvalue weighted by Crippen LogP contribution is -2.46. The first kappa shape index (κ1) is 26.6. The van der Waals surface area contributed by atoms with Crippen molar-refractivity contribution in [2.45, 2.75) is 31.5 Å². The van der Waals surface area contributed by atoms with E-state index in [0.717, 1.165) is 23.9 Å². The standard InChI is InChI=1S/C28H23F6N3O2/c29-17-7-9-18(10-8-17)36-13-11-16(12-14-36)27-35-26-19(3-1-5-21(26)30)23(15-24(38)39)37(27)22-6-2-4-20(25(22)31)28(32,33)34/h1-10,16,23H,11-15H2,(H,38,39). The topological polar surface area (TPSA) is 56.1 Å². The van der Waals surface area contributed by atoms with Crippen LogP contribution in [0.4, 0.5) is 43.4 Å². The van der Waals surface area contributed by atoms with Gasteiger partial charge in [0.1, 0.15) is 23.2 Å². The molecule has 5 nitrogen and oxygen atoms in total. The summed E-state index contributed by atoms with van der Waals surface area (Å²) in [5.41, 5.74) is -1.17. The van der Waals surface area contributed by atoms with E-state index < -0.39 is 53.4 Å². The van der Waals surface area contributed by atoms with Crippen LogP contribution in [0.5, 0.6) is 0 Å². The van der Waals surface area contributed by atoms with Gasteiger partial charge in [0.05, 0.1) is 23.7 Å². The molecule has 1 fully saturated rings. The van der Waals surface area contributed by atoms with E-state index in [1.807, 2.05) is 4.90 Å². The van der Waals surface area contributed by atoms with Gasteiger partial charge in [0, 0.05) is 30.3 Å². The molecule has 11 heteroatoms. The summed E-state index contributed by atoms with van der Waals surface area (Å²) < 4.78 is 84.6. The van der Waals surface area contributed by atoms with Gasteiger partial charge in [0.15, 0.2) is 5.82 Å². The van der Waals surface area contributed by atoms with Crippen LogP contribution in [0.2, 0.25) is 0 Å². The summed E-state index contributed by atoms with van der Waals surface area (Å²) in [6, 6.07) is 11.5. The Kier molecular flexibility index (Phi) is 7.00. The lowest BCUT2D eigenvalue weighted by atomic mass is 9.89. The SMILES string of the molecule is O=C(O)CC1c2cccc(F)c2N=C(C2CCN(c3ccc(F)cc3)CC2)N1c1cccc(C(F)(F)F)c1F. The molecule has 3 aromatic carbocycles. The largest absolute Gasteiger partial charge is 0.481 e. The lowest BCUT2D eigenvalue weighted by molar-refractivity contribution is -0.140. The number of aliphatic carboxylic acids is 1. The molecule has 0 aromatic heterocycles. The molecule has 1 atom stereocenters. The Bertz CT molecular complexity index is 1420. The van der Waals surface area contributed by atoms with E-state index in [4.69, 9.17) is 0 Å². The van der Waals surface area contributed by atoms with Crippen LogP contribution in [0.25, 0.3) is 0 Å². The quantitative estimate of drug-likeness (QED) is 0.346. The maximum atomic E-state index is 15.5. The molecule has 2 aliphatic heterocycles. The number of hydrogen-bond acceptors (Lipinski definition) is 4. The molecule has 1 unspecified atom stereocenters. The maximum absolute atomic E-state index is 15.5. The van der Waals surface area contributed by atoms with Crippen molar-refractivity contribution in [1.29, 1.82) is 0 Å². The molecule has 2 heterocycles. The fourth-order valence-electron chi connectivity index (χ4n) is 5.30. The van der Waals surface area contributed by atoms with E-state index >= 15 is 4.39 Å². The van der Waals surface area contributed by atoms with Gasteiger partial charge in [0.2, 0.25) is 0 Å². The van der Waals surface area contributed by atoms with E-state index in [9.17, 15) is 31.9 Å². The van der Waals surface area contributed by atoms with Gasteiger partial charge in [-0.15, -0.1) is 0 Å². The molecule has 0 spiro atoms. The van der Waals surface area contributed by atoms with Crippen LogP contribution in [0, 0.1) is 23.4 Å². The molecule has 0 saturated carbocycles. The molecule has 0 aliphatic carbocycles. The fourth-order valence-corrected chi connectivity index (χ4v) is 5.30. The second-order valence-corrected chi connectivity index (χ2v) is 9.51. The van der Waals surface area contributed by atoms with E-state index in [-0.39, 0.29) is 22.9 Å². The van der Waals surface area contributed by atoms with Gasteiger partial charge in [-0.1, -0.05) is 18.2 Å². The molecule has 39 heavy (non-hydrogen) atoms. The highest BCUT2D eigenvalue weighted by atomic mass is 19.4. The van der Waals surface area contributed by atoms with Crippen molar-refractivity contribution >= 4 is 28.9 Å². The number of carboxylic acid groups (broad SMARTS) is 1. The number of hydrogen-bond donors (Lipinski definition) is 1. The molecule has 0 bridgehead atoms. The van der Waals surface area contributed by atoms with Gasteiger partial charge in [-0.3, -0.25) is 4.79 Å². The Hall–Kier alpha value is -4.02. The van der Waals surface area contributed by atoms with Crippen LogP contribution in [0.15, 0.2) is 65.7 Å². The molecular formula is C28H23F6N3O2. The first-order valence-corrected chi connectivity index (χ1v) is 12.3. The predicted octanol–water partition coefficient (Wildman–Crippen LogP) is 7.11. The fraction of sp³-hybridized carbons (Fsp3) is 0.286. The van der Waals surface area contributed by atoms with Crippen LogP contribution in [0.1, 0.15) is 36.4 Å². The maximum Gasteiger partial charge on any atom is 0.419 e. The Labute approximate surface area is 220 Å². The van der Waals surface area contributed by atoms with Crippen LogP contribution >= 0.6 is 0 Å². The number of anilines is 2. The third-order valence-corrected chi connectivity index (χ3v) is 7.12. The van der Waals surface area contributed by atoms with Crippen LogP contribution in [-0.4, -0.2) is 30.0 Å². The van der Waals surface area contributed by atoms with Gasteiger partial charge in [0.25, 0.3) is 0 Å². The van der Waals surface area contributed by atoms with Gasteiger partial charge in [-0.05, 0) is 55.3 Å². The first-order chi connectivity index (χ1) is 18.5. The van der Waals surface area contributed by atoms with Crippen molar-refractivity contribution in [1.82, 2.24) is 0 Å². The van der Waals surface area contributed by atoms with Crippen molar-refractivity contribution in [3.63, 3.8) is 0 Å². The minimum absolute atomic E-state index is 0.107. The molecule has 204 valence electrons. The van der Waals surface area contributed by atoms with E-state index in [0.29, 0.717) is 32.0 Å². The van der Waals surface area contributed by atoms with Crippen molar-refractivity contribution in [2.24, 2.45) is 10.9 Å². The second kappa shape index (κ2) is 10.3. The van der Waals surface area contributed by atoms with Gasteiger partial charge < -0.3 is 14.9 Å². The number of fused-ring (bicyclic) bond motifs is 1. The summed E-state index contributed by atoms with van der Waals surface area (Å²) in [4.78, 5) is 19.6. The highest BCUT2D eigenvalue weighted by molar-refractivity contribution is 6.04. The van der Waals surface area contributed by atoms with Crippen molar-refractivity contribution in [2.75, 3.05) is 22.9 Å². The average molecular weight is 547 g/mol. The molecule has 3 aromatic rings. The second-order valence-electron chi connectivity index (χ2n) is 9.51. The number of rotatable bonds is 5. The smallest absolute Gasteiger partial charge is 0.419 e. The Morgan fingerprint density at radius 1 is 0.949 bits per heavy atom. The minimum atomic E-state index is -4.99. The van der Waals surface area contributed by atoms with Gasteiger partial charge in [-0.25, -0.2) is 18.2 Å². The number of carboxylic acids is 1. The zero-order valence-electron chi connectivity index (χ0n) is 20.4. The number of halogens is 6. The number of alkyl halides is 3. The molecule has 5 rings (SSSR count). The first-order valence-electron chi connectivity index (χ1n) is 12.3. The Morgan fingerprint density at radius 3 is 2.26 bits per heavy atom. The molecular weight excluding hydrogens is 524 g/mol. The Balaban J connectivity index is 1.59. The molecule has 2 aliphatic rings. The predicted molar refractivity (Wildman–Crippen MR) is 134 cm³/mol. The molecule has 0 amide bonds. The number of carbonyl (C=O) groups is 1. The van der Waals surface area contributed by atoms with Gasteiger partial charge >= 0.3 is 12.1 Å². The number of para-hydroxylation sites is 1. The monoisotopic (exact) mass is 547 g/mol. The summed E-state index contributed by atoms with van der Waals surface area (Å²) in [5.74, 6) is -4.28. The zero-order valence-corrected chi connectivity index (χ0v) is 20.4. The van der Waals surface area contributed by atoms with Crippen LogP contribution in [0.3, 0.4) is 0 Å². The van der Waals surface area contributed by atoms with Gasteiger partial charge in [-0.2, -0.15) is 13.2 Å². The normalized spacial score (nSPS) is 18.1. The lowest BCUT2D eigenvalue weighted by Gasteiger charge is -2.43. The van der Waals surface area contributed by atoms with E-state index in [1.165, 1.54) is 29.2 Å². The summed E-state index contributed by atoms with van der Waals surface area (Å²) in [7, 11) is 0.